The van der Waals surface area contributed by atoms with Crippen LogP contribution in [0.4, 0.5) is 10.1 Å². The molecule has 0 aliphatic rings. The zero-order valence-corrected chi connectivity index (χ0v) is 24.8. The predicted octanol–water partition coefficient (Wildman–Crippen LogP) is 5.49. The van der Waals surface area contributed by atoms with Crippen molar-refractivity contribution >= 4 is 29.0 Å². The van der Waals surface area contributed by atoms with Crippen molar-refractivity contribution in [3.63, 3.8) is 0 Å². The first-order valence-electron chi connectivity index (χ1n) is 13.3. The van der Waals surface area contributed by atoms with Crippen LogP contribution < -0.4 is 15.6 Å². The van der Waals surface area contributed by atoms with Crippen molar-refractivity contribution in [1.82, 2.24) is 14.3 Å². The van der Waals surface area contributed by atoms with Crippen LogP contribution in [0.2, 0.25) is 5.02 Å². The summed E-state index contributed by atoms with van der Waals surface area (Å²) in [6.45, 7) is 6.68. The van der Waals surface area contributed by atoms with Crippen LogP contribution in [0, 0.1) is 11.2 Å². The van der Waals surface area contributed by atoms with Gasteiger partial charge in [0.15, 0.2) is 5.78 Å². The van der Waals surface area contributed by atoms with Gasteiger partial charge in [-0.25, -0.2) is 9.07 Å². The zero-order valence-electron chi connectivity index (χ0n) is 24.0. The number of rotatable bonds is 13. The van der Waals surface area contributed by atoms with Crippen molar-refractivity contribution in [1.29, 1.82) is 0 Å². The third-order valence-corrected chi connectivity index (χ3v) is 6.97. The van der Waals surface area contributed by atoms with E-state index in [-0.39, 0.29) is 35.9 Å². The van der Waals surface area contributed by atoms with Crippen LogP contribution in [0.1, 0.15) is 56.1 Å². The van der Waals surface area contributed by atoms with Crippen molar-refractivity contribution in [3.8, 4) is 11.4 Å². The van der Waals surface area contributed by atoms with Gasteiger partial charge in [0.2, 0.25) is 5.91 Å². The molecular weight excluding hydrogens is 535 g/mol. The summed E-state index contributed by atoms with van der Waals surface area (Å²) >= 11 is 6.11. The monoisotopic (exact) mass is 572 g/mol. The molecule has 0 aliphatic carbocycles. The second-order valence-corrected chi connectivity index (χ2v) is 11.3. The van der Waals surface area contributed by atoms with E-state index in [1.165, 1.54) is 16.8 Å². The molecule has 0 fully saturated rings. The molecule has 1 aromatic heterocycles. The molecular formula is C30H38ClFN4O4. The summed E-state index contributed by atoms with van der Waals surface area (Å²) < 4.78 is 23.0. The number of ether oxygens (including phenoxy) is 1. The van der Waals surface area contributed by atoms with Gasteiger partial charge in [0.05, 0.1) is 17.9 Å². The van der Waals surface area contributed by atoms with Gasteiger partial charge < -0.3 is 15.0 Å². The predicted molar refractivity (Wildman–Crippen MR) is 156 cm³/mol. The number of ketones is 1. The fourth-order valence-electron chi connectivity index (χ4n) is 4.58. The number of Topliss-reactive ketones (excluding diaryl/α,β-unsaturated/α-hetero) is 1. The molecule has 3 rings (SSSR count). The maximum absolute atomic E-state index is 14.6. The SMILES string of the molecule is CCOc1ccc(Cl)cc1C(=O)CCC(C)(C)CC(=O)Nc1c(CCN(C)C)n(C)n(-c2ccccc2F)c1=O. The van der Waals surface area contributed by atoms with Crippen LogP contribution in [0.3, 0.4) is 0 Å². The minimum Gasteiger partial charge on any atom is -0.493 e. The first kappa shape index (κ1) is 31.1. The number of nitrogens with zero attached hydrogens (tertiary/aromatic N) is 3. The van der Waals surface area contributed by atoms with E-state index in [2.05, 4.69) is 5.32 Å². The number of anilines is 1. The minimum atomic E-state index is -0.548. The highest BCUT2D eigenvalue weighted by Crippen LogP contribution is 2.31. The smallest absolute Gasteiger partial charge is 0.295 e. The number of aromatic nitrogens is 2. The number of carbonyl (C=O) groups is 2. The Bertz CT molecular complexity index is 1430. The number of para-hydroxylation sites is 1. The molecule has 0 saturated carbocycles. The number of nitrogens with one attached hydrogen (secondary N) is 1. The molecule has 40 heavy (non-hydrogen) atoms. The van der Waals surface area contributed by atoms with Crippen molar-refractivity contribution < 1.29 is 18.7 Å². The van der Waals surface area contributed by atoms with Gasteiger partial charge in [0, 0.05) is 37.9 Å². The molecule has 216 valence electrons. The minimum absolute atomic E-state index is 0.0787. The molecule has 0 spiro atoms. The Morgan fingerprint density at radius 1 is 1.15 bits per heavy atom. The lowest BCUT2D eigenvalue weighted by Gasteiger charge is -2.23. The Hall–Kier alpha value is -3.43. The Kier molecular flexibility index (Phi) is 10.3. The number of likely N-dealkylation sites (N-methyl/N-ethyl adjacent to an activating group) is 1. The molecule has 1 heterocycles. The number of hydrogen-bond donors (Lipinski definition) is 1. The van der Waals surface area contributed by atoms with Gasteiger partial charge >= 0.3 is 0 Å². The topological polar surface area (TPSA) is 85.6 Å². The third-order valence-electron chi connectivity index (χ3n) is 6.74. The fraction of sp³-hybridized carbons (Fsp3) is 0.433. The molecule has 1 N–H and O–H groups in total. The standard InChI is InChI=1S/C30H38ClFN4O4/c1-7-40-26-13-12-20(31)18-21(26)25(37)14-16-30(2,3)19-27(38)33-28-24(15-17-34(4)5)35(6)36(29(28)39)23-11-9-8-10-22(23)32/h8-13,18H,7,14-17,19H2,1-6H3,(H,33,38). The third kappa shape index (κ3) is 7.61. The lowest BCUT2D eigenvalue weighted by atomic mass is 9.82. The van der Waals surface area contributed by atoms with E-state index in [1.807, 2.05) is 39.8 Å². The molecule has 3 aromatic rings. The van der Waals surface area contributed by atoms with Crippen molar-refractivity contribution in [3.05, 3.63) is 74.9 Å². The number of halogens is 2. The highest BCUT2D eigenvalue weighted by Gasteiger charge is 2.27. The Labute approximate surface area is 239 Å². The largest absolute Gasteiger partial charge is 0.493 e. The highest BCUT2D eigenvalue weighted by molar-refractivity contribution is 6.31. The number of benzene rings is 2. The summed E-state index contributed by atoms with van der Waals surface area (Å²) in [6, 6.07) is 11.0. The van der Waals surface area contributed by atoms with Gasteiger partial charge in [0.25, 0.3) is 5.56 Å². The molecule has 0 radical (unpaired) electrons. The maximum atomic E-state index is 14.6. The first-order chi connectivity index (χ1) is 18.8. The number of carbonyl (C=O) groups excluding carboxylic acids is 2. The second kappa shape index (κ2) is 13.3. The van der Waals surface area contributed by atoms with Gasteiger partial charge in [-0.1, -0.05) is 37.6 Å². The molecule has 0 atom stereocenters. The van der Waals surface area contributed by atoms with E-state index < -0.39 is 16.8 Å². The lowest BCUT2D eigenvalue weighted by Crippen LogP contribution is -2.27. The van der Waals surface area contributed by atoms with Crippen LogP contribution in [-0.4, -0.2) is 53.2 Å². The van der Waals surface area contributed by atoms with Gasteiger partial charge in [-0.15, -0.1) is 0 Å². The molecule has 8 nitrogen and oxygen atoms in total. The van der Waals surface area contributed by atoms with E-state index in [4.69, 9.17) is 16.3 Å². The molecule has 2 aromatic carbocycles. The zero-order chi connectivity index (χ0) is 29.6. The Morgan fingerprint density at radius 2 is 1.85 bits per heavy atom. The van der Waals surface area contributed by atoms with Crippen LogP contribution in [0.15, 0.2) is 47.3 Å². The molecule has 0 unspecified atom stereocenters. The first-order valence-corrected chi connectivity index (χ1v) is 13.7. The average Bonchev–Trinajstić information content (AvgIpc) is 3.10. The van der Waals surface area contributed by atoms with Crippen LogP contribution in [0.5, 0.6) is 5.75 Å². The van der Waals surface area contributed by atoms with E-state index in [1.54, 1.807) is 42.1 Å². The summed E-state index contributed by atoms with van der Waals surface area (Å²) in [6.07, 6.45) is 1.17. The maximum Gasteiger partial charge on any atom is 0.295 e. The Morgan fingerprint density at radius 3 is 2.50 bits per heavy atom. The van der Waals surface area contributed by atoms with Crippen LogP contribution >= 0.6 is 11.6 Å². The van der Waals surface area contributed by atoms with Crippen LogP contribution in [0.25, 0.3) is 5.69 Å². The van der Waals surface area contributed by atoms with Gasteiger partial charge in [-0.3, -0.25) is 19.1 Å². The van der Waals surface area contributed by atoms with E-state index >= 15 is 0 Å². The summed E-state index contributed by atoms with van der Waals surface area (Å²) in [5, 5.41) is 3.25. The summed E-state index contributed by atoms with van der Waals surface area (Å²) in [5.41, 5.74) is 0.184. The quantitative estimate of drug-likeness (QED) is 0.274. The molecule has 0 bridgehead atoms. The molecule has 0 aliphatic heterocycles. The summed E-state index contributed by atoms with van der Waals surface area (Å²) in [4.78, 5) is 41.7. The van der Waals surface area contributed by atoms with Crippen LogP contribution in [-0.2, 0) is 18.3 Å². The second-order valence-electron chi connectivity index (χ2n) is 10.9. The summed E-state index contributed by atoms with van der Waals surface area (Å²) in [5.74, 6) is -0.543. The van der Waals surface area contributed by atoms with Gasteiger partial charge in [-0.2, -0.15) is 0 Å². The van der Waals surface area contributed by atoms with Crippen molar-refractivity contribution in [2.24, 2.45) is 12.5 Å². The molecule has 0 saturated heterocycles. The van der Waals surface area contributed by atoms with Crippen molar-refractivity contribution in [2.75, 3.05) is 32.6 Å². The average molecular weight is 573 g/mol. The Balaban J connectivity index is 1.79. The van der Waals surface area contributed by atoms with Gasteiger partial charge in [-0.05, 0) is 63.2 Å². The normalized spacial score (nSPS) is 11.6. The fourth-order valence-corrected chi connectivity index (χ4v) is 4.75. The molecule has 10 heteroatoms. The van der Waals surface area contributed by atoms with Gasteiger partial charge in [0.1, 0.15) is 22.9 Å². The van der Waals surface area contributed by atoms with E-state index in [0.717, 1.165) is 0 Å². The lowest BCUT2D eigenvalue weighted by molar-refractivity contribution is -0.118. The number of amides is 1. The summed E-state index contributed by atoms with van der Waals surface area (Å²) in [7, 11) is 5.50. The molecule has 1 amide bonds. The highest BCUT2D eigenvalue weighted by atomic mass is 35.5. The van der Waals surface area contributed by atoms with Crippen molar-refractivity contribution in [2.45, 2.75) is 46.5 Å². The van der Waals surface area contributed by atoms with E-state index in [0.29, 0.717) is 48.0 Å². The number of hydrogen-bond acceptors (Lipinski definition) is 5. The van der Waals surface area contributed by atoms with E-state index in [9.17, 15) is 18.8 Å².